The molecule has 0 saturated carbocycles. The van der Waals surface area contributed by atoms with Gasteiger partial charge >= 0.3 is 0 Å². The lowest BCUT2D eigenvalue weighted by Gasteiger charge is -2.26. The number of hydrogen-bond acceptors (Lipinski definition) is 4. The van der Waals surface area contributed by atoms with Gasteiger partial charge in [-0.2, -0.15) is 0 Å². The van der Waals surface area contributed by atoms with Crippen molar-refractivity contribution in [3.63, 3.8) is 0 Å². The Bertz CT molecular complexity index is 702. The number of nitrogens with one attached hydrogen (secondary N) is 2. The maximum absolute atomic E-state index is 13.2. The highest BCUT2D eigenvalue weighted by molar-refractivity contribution is 5.93. The van der Waals surface area contributed by atoms with Gasteiger partial charge in [-0.15, -0.1) is 0 Å². The van der Waals surface area contributed by atoms with Gasteiger partial charge in [0.05, 0.1) is 6.42 Å². The highest BCUT2D eigenvalue weighted by Crippen LogP contribution is 2.14. The van der Waals surface area contributed by atoms with Gasteiger partial charge in [-0.3, -0.25) is 14.4 Å². The third-order valence-corrected chi connectivity index (χ3v) is 3.81. The number of amides is 3. The number of benzene rings is 1. The second kappa shape index (κ2) is 9.36. The van der Waals surface area contributed by atoms with Crippen LogP contribution in [-0.4, -0.2) is 35.8 Å². The van der Waals surface area contributed by atoms with Crippen LogP contribution >= 0.6 is 0 Å². The number of halogens is 3. The van der Waals surface area contributed by atoms with Crippen LogP contribution in [0.1, 0.15) is 32.3 Å². The largest absolute Gasteiger partial charge is 0.368 e. The van der Waals surface area contributed by atoms with E-state index >= 15 is 0 Å². The van der Waals surface area contributed by atoms with Crippen molar-refractivity contribution in [1.82, 2.24) is 10.6 Å². The van der Waals surface area contributed by atoms with E-state index in [1.54, 1.807) is 0 Å². The summed E-state index contributed by atoms with van der Waals surface area (Å²) in [6, 6.07) is 0.363. The average Bonchev–Trinajstić information content (AvgIpc) is 2.55. The van der Waals surface area contributed by atoms with E-state index in [4.69, 9.17) is 11.5 Å². The van der Waals surface area contributed by atoms with Crippen LogP contribution in [0.25, 0.3) is 0 Å². The van der Waals surface area contributed by atoms with Crippen molar-refractivity contribution in [3.05, 3.63) is 35.1 Å². The van der Waals surface area contributed by atoms with Crippen molar-refractivity contribution in [3.8, 4) is 0 Å². The molecule has 0 bridgehead atoms. The normalized spacial score (nSPS) is 12.4. The molecule has 3 amide bonds. The van der Waals surface area contributed by atoms with Crippen LogP contribution in [0.3, 0.4) is 0 Å². The topological polar surface area (TPSA) is 127 Å². The lowest BCUT2D eigenvalue weighted by molar-refractivity contribution is -0.133. The zero-order valence-corrected chi connectivity index (χ0v) is 15.1. The summed E-state index contributed by atoms with van der Waals surface area (Å²) in [5.41, 5.74) is 9.18. The molecule has 0 spiro atoms. The molecule has 1 rings (SSSR count). The molecule has 0 radical (unpaired) electrons. The first kappa shape index (κ1) is 22.4. The van der Waals surface area contributed by atoms with Crippen LogP contribution in [-0.2, 0) is 20.8 Å². The molecule has 10 heteroatoms. The molecule has 0 aliphatic heterocycles. The van der Waals surface area contributed by atoms with E-state index < -0.39 is 53.2 Å². The van der Waals surface area contributed by atoms with Crippen molar-refractivity contribution in [2.45, 2.75) is 44.7 Å². The Kier molecular flexibility index (Phi) is 7.77. The molecule has 0 heterocycles. The molecule has 1 aromatic rings. The van der Waals surface area contributed by atoms with Gasteiger partial charge in [-0.1, -0.05) is 0 Å². The molecule has 7 nitrogen and oxygen atoms in total. The van der Waals surface area contributed by atoms with Crippen LogP contribution in [0.5, 0.6) is 0 Å². The molecule has 0 unspecified atom stereocenters. The Morgan fingerprint density at radius 1 is 1.15 bits per heavy atom. The number of carbonyl (C=O) groups is 3. The Labute approximate surface area is 154 Å². The summed E-state index contributed by atoms with van der Waals surface area (Å²) < 4.78 is 39.5. The molecule has 150 valence electrons. The first-order valence-electron chi connectivity index (χ1n) is 8.22. The third-order valence-electron chi connectivity index (χ3n) is 3.81. The number of nitrogens with two attached hydrogens (primary N) is 2. The van der Waals surface area contributed by atoms with Gasteiger partial charge in [0.25, 0.3) is 0 Å². The molecule has 0 fully saturated rings. The van der Waals surface area contributed by atoms with Gasteiger partial charge in [0, 0.05) is 0 Å². The lowest BCUT2D eigenvalue weighted by atomic mass is 10.0. The summed E-state index contributed by atoms with van der Waals surface area (Å²) in [5.74, 6) is -6.60. The van der Waals surface area contributed by atoms with Crippen LogP contribution < -0.4 is 22.1 Å². The number of carbonyl (C=O) groups excluding carboxylic acids is 3. The zero-order chi connectivity index (χ0) is 20.8. The van der Waals surface area contributed by atoms with E-state index in [1.165, 1.54) is 13.8 Å². The summed E-state index contributed by atoms with van der Waals surface area (Å²) in [5, 5.41) is 4.84. The summed E-state index contributed by atoms with van der Waals surface area (Å²) in [6.45, 7) is 3.06. The van der Waals surface area contributed by atoms with Gasteiger partial charge < -0.3 is 22.1 Å². The second-order valence-corrected chi connectivity index (χ2v) is 6.58. The molecule has 1 aromatic carbocycles. The predicted octanol–water partition coefficient (Wildman–Crippen LogP) is 0.250. The molecule has 0 aromatic heterocycles. The van der Waals surface area contributed by atoms with Gasteiger partial charge in [-0.05, 0) is 50.9 Å². The molecule has 27 heavy (non-hydrogen) atoms. The van der Waals surface area contributed by atoms with Crippen LogP contribution in [0, 0.1) is 17.5 Å². The summed E-state index contributed by atoms with van der Waals surface area (Å²) in [4.78, 5) is 35.9. The van der Waals surface area contributed by atoms with E-state index in [0.717, 1.165) is 0 Å². The number of hydrogen-bond donors (Lipinski definition) is 4. The fourth-order valence-corrected chi connectivity index (χ4v) is 2.19. The van der Waals surface area contributed by atoms with Gasteiger partial charge in [0.2, 0.25) is 17.7 Å². The summed E-state index contributed by atoms with van der Waals surface area (Å²) in [6.07, 6.45) is 0.101. The first-order chi connectivity index (χ1) is 12.5. The minimum absolute atomic E-state index is 0.0978. The van der Waals surface area contributed by atoms with Crippen LogP contribution in [0.2, 0.25) is 0 Å². The fourth-order valence-electron chi connectivity index (χ4n) is 2.19. The van der Waals surface area contributed by atoms with Gasteiger partial charge in [0.1, 0.15) is 11.6 Å². The minimum atomic E-state index is -1.63. The van der Waals surface area contributed by atoms with Gasteiger partial charge in [0.15, 0.2) is 17.5 Å². The highest BCUT2D eigenvalue weighted by Gasteiger charge is 2.30. The summed E-state index contributed by atoms with van der Waals surface area (Å²) in [7, 11) is 0. The Balaban J connectivity index is 2.85. The van der Waals surface area contributed by atoms with Crippen molar-refractivity contribution in [2.75, 3.05) is 6.54 Å². The van der Waals surface area contributed by atoms with E-state index in [9.17, 15) is 27.6 Å². The van der Waals surface area contributed by atoms with E-state index in [-0.39, 0.29) is 18.5 Å². The third kappa shape index (κ3) is 6.55. The monoisotopic (exact) mass is 388 g/mol. The maximum atomic E-state index is 13.2. The van der Waals surface area contributed by atoms with Crippen molar-refractivity contribution in [2.24, 2.45) is 11.5 Å². The van der Waals surface area contributed by atoms with E-state index in [1.807, 2.05) is 0 Å². The zero-order valence-electron chi connectivity index (χ0n) is 15.1. The minimum Gasteiger partial charge on any atom is -0.368 e. The lowest BCUT2D eigenvalue weighted by Crippen LogP contribution is -2.58. The smallest absolute Gasteiger partial charge is 0.243 e. The molecule has 6 N–H and O–H groups in total. The van der Waals surface area contributed by atoms with Crippen LogP contribution in [0.4, 0.5) is 13.2 Å². The second-order valence-electron chi connectivity index (χ2n) is 6.58. The summed E-state index contributed by atoms with van der Waals surface area (Å²) >= 11 is 0. The predicted molar refractivity (Wildman–Crippen MR) is 91.7 cm³/mol. The molecule has 0 saturated heterocycles. The van der Waals surface area contributed by atoms with Crippen LogP contribution in [0.15, 0.2) is 12.1 Å². The quantitative estimate of drug-likeness (QED) is 0.452. The maximum Gasteiger partial charge on any atom is 0.243 e. The van der Waals surface area contributed by atoms with E-state index in [2.05, 4.69) is 10.6 Å². The average molecular weight is 388 g/mol. The van der Waals surface area contributed by atoms with Crippen molar-refractivity contribution >= 4 is 17.7 Å². The molecule has 0 aliphatic rings. The highest BCUT2D eigenvalue weighted by atomic mass is 19.2. The van der Waals surface area contributed by atoms with Gasteiger partial charge in [-0.25, -0.2) is 13.2 Å². The van der Waals surface area contributed by atoms with E-state index in [0.29, 0.717) is 18.6 Å². The molecular formula is C17H23F3N4O3. The molecular weight excluding hydrogens is 365 g/mol. The molecule has 0 aliphatic carbocycles. The number of rotatable bonds is 9. The first-order valence-corrected chi connectivity index (χ1v) is 8.22. The Morgan fingerprint density at radius 3 is 2.19 bits per heavy atom. The fraction of sp³-hybridized carbons (Fsp3) is 0.471. The standard InChI is InChI=1S/C17H23F3N4O3/c1-17(2,16(22)27)24-15(26)12(4-3-5-21)23-13(25)8-9-6-10(18)14(20)11(19)7-9/h6-7,12H,3-5,8,21H2,1-2H3,(H2,22,27)(H,23,25)(H,24,26)/t12-/m0/s1. The van der Waals surface area contributed by atoms with Crippen molar-refractivity contribution in [1.29, 1.82) is 0 Å². The number of primary amides is 1. The Morgan fingerprint density at radius 2 is 1.70 bits per heavy atom. The SMILES string of the molecule is CC(C)(NC(=O)[C@H](CCCN)NC(=O)Cc1cc(F)c(F)c(F)c1)C(N)=O. The molecule has 1 atom stereocenters. The van der Waals surface area contributed by atoms with Crippen molar-refractivity contribution < 1.29 is 27.6 Å². The Hall–Kier alpha value is -2.62.